The van der Waals surface area contributed by atoms with Gasteiger partial charge in [0.2, 0.25) is 11.9 Å². The van der Waals surface area contributed by atoms with Crippen LogP contribution in [0.2, 0.25) is 0 Å². The summed E-state index contributed by atoms with van der Waals surface area (Å²) in [6.07, 6.45) is 0. The Hall–Kier alpha value is -9.75. The Morgan fingerprint density at radius 1 is 0.263 bits per heavy atom. The van der Waals surface area contributed by atoms with Gasteiger partial charge in [0.05, 0.1) is 27.5 Å². The molecule has 358 valence electrons. The Bertz CT molecular complexity index is 4140. The predicted octanol–water partition coefficient (Wildman–Crippen LogP) is 13.5. The maximum absolute atomic E-state index is 5.66. The third kappa shape index (κ3) is 7.10. The lowest BCUT2D eigenvalue weighted by Crippen LogP contribution is -2.74. The van der Waals surface area contributed by atoms with Gasteiger partial charge in [0.1, 0.15) is 0 Å². The van der Waals surface area contributed by atoms with Gasteiger partial charge in [0.15, 0.2) is 13.9 Å². The van der Waals surface area contributed by atoms with Gasteiger partial charge in [-0.05, 0) is 73.3 Å². The van der Waals surface area contributed by atoms with Gasteiger partial charge in [-0.3, -0.25) is 9.13 Å². The molecule has 0 spiro atoms. The molecule has 76 heavy (non-hydrogen) atoms. The molecule has 0 aliphatic rings. The van der Waals surface area contributed by atoms with Gasteiger partial charge in [0, 0.05) is 27.1 Å². The van der Waals surface area contributed by atoms with Crippen molar-refractivity contribution in [3.63, 3.8) is 0 Å². The van der Waals surface area contributed by atoms with E-state index in [9.17, 15) is 0 Å². The largest absolute Gasteiger partial charge is 0.278 e. The molecular weight excluding hydrogens is 939 g/mol. The van der Waals surface area contributed by atoms with Crippen LogP contribution in [-0.4, -0.2) is 32.2 Å². The highest BCUT2D eigenvalue weighted by molar-refractivity contribution is 7.20. The van der Waals surface area contributed by atoms with Gasteiger partial charge >= 0.3 is 0 Å². The molecule has 6 heteroatoms. The number of fused-ring (bicyclic) bond motifs is 6. The molecule has 3 aromatic heterocycles. The number of aromatic nitrogens is 5. The predicted molar refractivity (Wildman–Crippen MR) is 316 cm³/mol. The van der Waals surface area contributed by atoms with E-state index in [2.05, 4.69) is 306 Å². The van der Waals surface area contributed by atoms with Crippen molar-refractivity contribution in [3.05, 3.63) is 320 Å². The summed E-state index contributed by atoms with van der Waals surface area (Å²) in [7, 11) is -2.95. The molecule has 0 radical (unpaired) electrons. The smallest absolute Gasteiger partial charge is 0.240 e. The van der Waals surface area contributed by atoms with E-state index in [1.807, 2.05) is 0 Å². The first-order chi connectivity index (χ1) is 37.7. The van der Waals surface area contributed by atoms with E-state index in [1.165, 1.54) is 20.7 Å². The molecule has 0 fully saturated rings. The van der Waals surface area contributed by atoms with Crippen molar-refractivity contribution >= 4 is 72.4 Å². The van der Waals surface area contributed by atoms with Crippen molar-refractivity contribution in [3.8, 4) is 23.3 Å². The topological polar surface area (TPSA) is 48.5 Å². The zero-order valence-corrected chi connectivity index (χ0v) is 42.5. The fourth-order valence-electron chi connectivity index (χ4n) is 12.3. The molecule has 0 aliphatic heterocycles. The van der Waals surface area contributed by atoms with E-state index in [0.717, 1.165) is 71.4 Å². The van der Waals surface area contributed by atoms with Crippen molar-refractivity contribution in [2.24, 2.45) is 0 Å². The molecule has 14 rings (SSSR count). The number of nitrogens with zero attached hydrogens (tertiary/aromatic N) is 5. The zero-order valence-electron chi connectivity index (χ0n) is 41.5. The zero-order chi connectivity index (χ0) is 50.5. The quantitative estimate of drug-likeness (QED) is 0.0958. The maximum atomic E-state index is 5.66. The van der Waals surface area contributed by atoms with Crippen LogP contribution in [0.4, 0.5) is 0 Å². The Morgan fingerprint density at radius 2 is 0.618 bits per heavy atom. The van der Waals surface area contributed by atoms with Crippen molar-refractivity contribution in [2.75, 3.05) is 0 Å². The summed E-state index contributed by atoms with van der Waals surface area (Å²) >= 11 is 0. The van der Waals surface area contributed by atoms with Crippen LogP contribution < -0.4 is 20.7 Å². The average molecular weight is 988 g/mol. The van der Waals surface area contributed by atoms with Gasteiger partial charge < -0.3 is 0 Å². The van der Waals surface area contributed by atoms with Crippen LogP contribution in [0.3, 0.4) is 0 Å². The fraction of sp³-hybridized carbons (Fsp3) is 0.0143. The summed E-state index contributed by atoms with van der Waals surface area (Å²) in [5.41, 5.74) is 8.85. The Balaban J connectivity index is 1.08. The van der Waals surface area contributed by atoms with Crippen molar-refractivity contribution < 1.29 is 0 Å². The van der Waals surface area contributed by atoms with E-state index in [1.54, 1.807) is 0 Å². The number of rotatable bonds is 11. The highest BCUT2D eigenvalue weighted by Gasteiger charge is 2.42. The second-order valence-electron chi connectivity index (χ2n) is 19.5. The van der Waals surface area contributed by atoms with Gasteiger partial charge in [0.25, 0.3) is 0 Å². The number of hydrogen-bond donors (Lipinski definition) is 0. The van der Waals surface area contributed by atoms with Crippen LogP contribution >= 0.6 is 0 Å². The van der Waals surface area contributed by atoms with E-state index in [-0.39, 0.29) is 0 Å². The van der Waals surface area contributed by atoms with E-state index >= 15 is 0 Å². The van der Waals surface area contributed by atoms with Crippen LogP contribution in [0.15, 0.2) is 297 Å². The third-order valence-corrected chi connectivity index (χ3v) is 20.3. The first-order valence-corrected chi connectivity index (χ1v) is 27.9. The van der Waals surface area contributed by atoms with Crippen LogP contribution in [-0.2, 0) is 5.41 Å². The lowest BCUT2D eigenvalue weighted by molar-refractivity contribution is 0.745. The average Bonchev–Trinajstić information content (AvgIpc) is 4.11. The minimum Gasteiger partial charge on any atom is -0.278 e. The normalized spacial score (nSPS) is 11.9. The third-order valence-electron chi connectivity index (χ3n) is 15.5. The molecule has 0 saturated carbocycles. The highest BCUT2D eigenvalue weighted by atomic mass is 28.3. The summed E-state index contributed by atoms with van der Waals surface area (Å²) in [5.74, 6) is 1.63. The summed E-state index contributed by atoms with van der Waals surface area (Å²) in [6, 6.07) is 108. The maximum Gasteiger partial charge on any atom is 0.240 e. The fourth-order valence-corrected chi connectivity index (χ4v) is 17.0. The van der Waals surface area contributed by atoms with Gasteiger partial charge in [-0.25, -0.2) is 0 Å². The number of para-hydroxylation sites is 3. The summed E-state index contributed by atoms with van der Waals surface area (Å²) in [5, 5.41) is 9.69. The molecule has 0 saturated heterocycles. The first kappa shape index (κ1) is 44.9. The lowest BCUT2D eigenvalue weighted by Gasteiger charge is -2.37. The molecule has 0 amide bonds. The molecule has 0 unspecified atom stereocenters. The van der Waals surface area contributed by atoms with Gasteiger partial charge in [-0.2, -0.15) is 15.0 Å². The monoisotopic (exact) mass is 987 g/mol. The Kier molecular flexibility index (Phi) is 11.0. The minimum atomic E-state index is -2.95. The van der Waals surface area contributed by atoms with E-state index < -0.39 is 13.5 Å². The van der Waals surface area contributed by atoms with Crippen LogP contribution in [0.5, 0.6) is 0 Å². The van der Waals surface area contributed by atoms with Crippen molar-refractivity contribution in [1.29, 1.82) is 0 Å². The van der Waals surface area contributed by atoms with E-state index in [0.29, 0.717) is 17.7 Å². The molecule has 11 aromatic carbocycles. The first-order valence-electron chi connectivity index (χ1n) is 25.9. The van der Waals surface area contributed by atoms with Crippen LogP contribution in [0, 0.1) is 0 Å². The lowest BCUT2D eigenvalue weighted by atomic mass is 9.65. The van der Waals surface area contributed by atoms with Crippen LogP contribution in [0.1, 0.15) is 22.3 Å². The highest BCUT2D eigenvalue weighted by Crippen LogP contribution is 2.46. The molecule has 0 N–H and O–H groups in total. The molecule has 0 atom stereocenters. The molecule has 0 bridgehead atoms. The van der Waals surface area contributed by atoms with Crippen LogP contribution in [0.25, 0.3) is 66.9 Å². The second kappa shape index (κ2) is 18.6. The molecule has 0 aliphatic carbocycles. The summed E-state index contributed by atoms with van der Waals surface area (Å²) in [6.45, 7) is 0. The summed E-state index contributed by atoms with van der Waals surface area (Å²) < 4.78 is 4.49. The standard InChI is InChI=1S/C70H49N5Si/c1-7-27-51(28-8-1)70(52-29-9-2-10-30-52,53-31-11-3-12-32-53)54-33-25-26-50(48-54)67-71-68(74-63-43-22-19-40-59(63)60-41-20-23-44-64(60)74)73-69(72-67)75-65-45-24-21-42-61(65)62-47-46-58(49-66(62)75)76(55-34-13-4-14-35-55,56-36-15-5-16-37-56)57-38-17-6-18-39-57/h1-49H. The second-order valence-corrected chi connectivity index (χ2v) is 23.3. The van der Waals surface area contributed by atoms with Crippen molar-refractivity contribution in [2.45, 2.75) is 5.41 Å². The molecular formula is C70H49N5Si. The Labute approximate surface area is 442 Å². The molecule has 3 heterocycles. The molecule has 14 aromatic rings. The van der Waals surface area contributed by atoms with Crippen molar-refractivity contribution in [1.82, 2.24) is 24.1 Å². The molecule has 5 nitrogen and oxygen atoms in total. The number of benzene rings is 11. The Morgan fingerprint density at radius 3 is 1.05 bits per heavy atom. The number of hydrogen-bond acceptors (Lipinski definition) is 3. The SMILES string of the molecule is c1ccc(C(c2ccccc2)(c2ccccc2)c2cccc(-c3nc(-n4c5ccccc5c5ccccc54)nc(-n4c5ccccc5c5ccc([Si](c6ccccc6)(c6ccccc6)c6ccccc6)cc54)n3)c2)cc1. The van der Waals surface area contributed by atoms with E-state index in [4.69, 9.17) is 15.0 Å². The summed E-state index contributed by atoms with van der Waals surface area (Å²) in [4.78, 5) is 16.9. The minimum absolute atomic E-state index is 0.530. The van der Waals surface area contributed by atoms with Gasteiger partial charge in [-0.1, -0.05) is 267 Å². The van der Waals surface area contributed by atoms with Gasteiger partial charge in [-0.15, -0.1) is 0 Å².